The zero-order valence-electron chi connectivity index (χ0n) is 12.7. The SMILES string of the molecule is CC(Cc1cccc(C(F)(F)F)c1)NC(C)c1ccccc1. The summed E-state index contributed by atoms with van der Waals surface area (Å²) in [5, 5.41) is 3.42. The Balaban J connectivity index is 1.99. The lowest BCUT2D eigenvalue weighted by Crippen LogP contribution is -2.30. The van der Waals surface area contributed by atoms with E-state index in [1.807, 2.05) is 37.3 Å². The van der Waals surface area contributed by atoms with Crippen molar-refractivity contribution in [2.24, 2.45) is 0 Å². The standard InChI is InChI=1S/C18H20F3N/c1-13(22-14(2)16-8-4-3-5-9-16)11-15-7-6-10-17(12-15)18(19,20)21/h3-10,12-14,22H,11H2,1-2H3. The maximum atomic E-state index is 12.7. The molecule has 4 heteroatoms. The van der Waals surface area contributed by atoms with Gasteiger partial charge in [0.15, 0.2) is 0 Å². The Morgan fingerprint density at radius 3 is 2.27 bits per heavy atom. The molecule has 1 nitrogen and oxygen atoms in total. The second-order valence-electron chi connectivity index (χ2n) is 5.60. The lowest BCUT2D eigenvalue weighted by atomic mass is 10.0. The van der Waals surface area contributed by atoms with Gasteiger partial charge in [0.05, 0.1) is 5.56 Å². The van der Waals surface area contributed by atoms with Crippen LogP contribution in [0.25, 0.3) is 0 Å². The van der Waals surface area contributed by atoms with Crippen molar-refractivity contribution in [3.63, 3.8) is 0 Å². The average Bonchev–Trinajstić information content (AvgIpc) is 2.47. The van der Waals surface area contributed by atoms with E-state index in [-0.39, 0.29) is 12.1 Å². The molecule has 0 radical (unpaired) electrons. The van der Waals surface area contributed by atoms with Crippen LogP contribution in [0.5, 0.6) is 0 Å². The monoisotopic (exact) mass is 307 g/mol. The van der Waals surface area contributed by atoms with Crippen molar-refractivity contribution < 1.29 is 13.2 Å². The molecule has 2 aromatic carbocycles. The fourth-order valence-corrected chi connectivity index (χ4v) is 2.55. The number of benzene rings is 2. The minimum Gasteiger partial charge on any atom is -0.307 e. The first-order valence-electron chi connectivity index (χ1n) is 7.33. The second-order valence-corrected chi connectivity index (χ2v) is 5.60. The molecule has 0 amide bonds. The van der Waals surface area contributed by atoms with Crippen LogP contribution >= 0.6 is 0 Å². The molecule has 1 N–H and O–H groups in total. The summed E-state index contributed by atoms with van der Waals surface area (Å²) in [5.41, 5.74) is 1.27. The molecule has 0 spiro atoms. The van der Waals surface area contributed by atoms with Gasteiger partial charge in [0, 0.05) is 12.1 Å². The van der Waals surface area contributed by atoms with Gasteiger partial charge in [-0.1, -0.05) is 48.5 Å². The highest BCUT2D eigenvalue weighted by atomic mass is 19.4. The van der Waals surface area contributed by atoms with Crippen LogP contribution in [0.4, 0.5) is 13.2 Å². The van der Waals surface area contributed by atoms with Gasteiger partial charge in [-0.2, -0.15) is 13.2 Å². The Bertz CT molecular complexity index is 593. The van der Waals surface area contributed by atoms with Crippen LogP contribution in [0, 0.1) is 0 Å². The Morgan fingerprint density at radius 1 is 0.955 bits per heavy atom. The molecule has 0 aliphatic heterocycles. The minimum absolute atomic E-state index is 0.0821. The van der Waals surface area contributed by atoms with Crippen molar-refractivity contribution >= 4 is 0 Å². The van der Waals surface area contributed by atoms with Crippen molar-refractivity contribution in [2.45, 2.75) is 38.5 Å². The highest BCUT2D eigenvalue weighted by Gasteiger charge is 2.30. The predicted molar refractivity (Wildman–Crippen MR) is 82.6 cm³/mol. The molecule has 2 unspecified atom stereocenters. The number of halogens is 3. The molecule has 0 saturated heterocycles. The minimum atomic E-state index is -4.29. The zero-order chi connectivity index (χ0) is 16.2. The Labute approximate surface area is 129 Å². The molecule has 0 heterocycles. The van der Waals surface area contributed by atoms with Gasteiger partial charge in [-0.15, -0.1) is 0 Å². The van der Waals surface area contributed by atoms with Crippen molar-refractivity contribution in [3.8, 4) is 0 Å². The van der Waals surface area contributed by atoms with Gasteiger partial charge in [-0.25, -0.2) is 0 Å². The van der Waals surface area contributed by atoms with E-state index >= 15 is 0 Å². The maximum absolute atomic E-state index is 12.7. The van der Waals surface area contributed by atoms with E-state index in [4.69, 9.17) is 0 Å². The fraction of sp³-hybridized carbons (Fsp3) is 0.333. The molecule has 2 atom stereocenters. The fourth-order valence-electron chi connectivity index (χ4n) is 2.55. The van der Waals surface area contributed by atoms with Gasteiger partial charge in [-0.3, -0.25) is 0 Å². The molecule has 2 aromatic rings. The summed E-state index contributed by atoms with van der Waals surface area (Å²) < 4.78 is 38.2. The Morgan fingerprint density at radius 2 is 1.64 bits per heavy atom. The third-order valence-corrected chi connectivity index (χ3v) is 3.63. The van der Waals surface area contributed by atoms with E-state index in [9.17, 15) is 13.2 Å². The lowest BCUT2D eigenvalue weighted by molar-refractivity contribution is -0.137. The molecule has 22 heavy (non-hydrogen) atoms. The summed E-state index contributed by atoms with van der Waals surface area (Å²) in [6.45, 7) is 4.04. The van der Waals surface area contributed by atoms with Gasteiger partial charge in [-0.05, 0) is 37.5 Å². The second kappa shape index (κ2) is 6.97. The van der Waals surface area contributed by atoms with Gasteiger partial charge in [0.2, 0.25) is 0 Å². The summed E-state index contributed by atoms with van der Waals surface area (Å²) in [6.07, 6.45) is -3.73. The van der Waals surface area contributed by atoms with Crippen molar-refractivity contribution in [3.05, 3.63) is 71.3 Å². The molecular formula is C18H20F3N. The molecular weight excluding hydrogens is 287 g/mol. The summed E-state index contributed by atoms with van der Waals surface area (Å²) in [4.78, 5) is 0. The number of alkyl halides is 3. The van der Waals surface area contributed by atoms with E-state index in [1.54, 1.807) is 6.07 Å². The zero-order valence-corrected chi connectivity index (χ0v) is 12.7. The Hall–Kier alpha value is -1.81. The number of hydrogen-bond donors (Lipinski definition) is 1. The lowest BCUT2D eigenvalue weighted by Gasteiger charge is -2.21. The molecule has 0 aliphatic rings. The van der Waals surface area contributed by atoms with E-state index in [0.717, 1.165) is 6.07 Å². The van der Waals surface area contributed by atoms with Gasteiger partial charge in [0.25, 0.3) is 0 Å². The largest absolute Gasteiger partial charge is 0.416 e. The molecule has 2 rings (SSSR count). The number of rotatable bonds is 5. The third-order valence-electron chi connectivity index (χ3n) is 3.63. The van der Waals surface area contributed by atoms with E-state index in [1.165, 1.54) is 17.7 Å². The molecule has 0 aliphatic carbocycles. The van der Waals surface area contributed by atoms with E-state index in [0.29, 0.717) is 12.0 Å². The molecule has 0 bridgehead atoms. The number of nitrogens with one attached hydrogen (secondary N) is 1. The van der Waals surface area contributed by atoms with Gasteiger partial charge >= 0.3 is 6.18 Å². The van der Waals surface area contributed by atoms with Crippen molar-refractivity contribution in [1.29, 1.82) is 0 Å². The quantitative estimate of drug-likeness (QED) is 0.821. The number of hydrogen-bond acceptors (Lipinski definition) is 1. The topological polar surface area (TPSA) is 12.0 Å². The summed E-state index contributed by atoms with van der Waals surface area (Å²) >= 11 is 0. The molecule has 118 valence electrons. The Kier molecular flexibility index (Phi) is 5.24. The summed E-state index contributed by atoms with van der Waals surface area (Å²) in [5.74, 6) is 0. The van der Waals surface area contributed by atoms with E-state index in [2.05, 4.69) is 12.2 Å². The normalized spacial score (nSPS) is 14.6. The predicted octanol–water partition coefficient (Wildman–Crippen LogP) is 4.99. The highest BCUT2D eigenvalue weighted by molar-refractivity contribution is 5.26. The van der Waals surface area contributed by atoms with Crippen molar-refractivity contribution in [2.75, 3.05) is 0 Å². The van der Waals surface area contributed by atoms with Crippen LogP contribution in [0.1, 0.15) is 36.6 Å². The first kappa shape index (κ1) is 16.6. The van der Waals surface area contributed by atoms with Gasteiger partial charge in [0.1, 0.15) is 0 Å². The first-order chi connectivity index (χ1) is 10.4. The van der Waals surface area contributed by atoms with Crippen LogP contribution in [0.15, 0.2) is 54.6 Å². The maximum Gasteiger partial charge on any atom is 0.416 e. The van der Waals surface area contributed by atoms with Crippen LogP contribution in [-0.2, 0) is 12.6 Å². The average molecular weight is 307 g/mol. The van der Waals surface area contributed by atoms with E-state index < -0.39 is 11.7 Å². The molecule has 0 fully saturated rings. The molecule has 0 aromatic heterocycles. The van der Waals surface area contributed by atoms with Crippen LogP contribution in [-0.4, -0.2) is 6.04 Å². The van der Waals surface area contributed by atoms with Crippen LogP contribution in [0.2, 0.25) is 0 Å². The highest BCUT2D eigenvalue weighted by Crippen LogP contribution is 2.29. The van der Waals surface area contributed by atoms with Crippen LogP contribution in [0.3, 0.4) is 0 Å². The summed E-state index contributed by atoms with van der Waals surface area (Å²) in [7, 11) is 0. The molecule has 0 saturated carbocycles. The van der Waals surface area contributed by atoms with Crippen molar-refractivity contribution in [1.82, 2.24) is 5.32 Å². The third kappa shape index (κ3) is 4.60. The smallest absolute Gasteiger partial charge is 0.307 e. The van der Waals surface area contributed by atoms with Gasteiger partial charge < -0.3 is 5.32 Å². The van der Waals surface area contributed by atoms with Crippen LogP contribution < -0.4 is 5.32 Å². The first-order valence-corrected chi connectivity index (χ1v) is 7.33. The summed E-state index contributed by atoms with van der Waals surface area (Å²) in [6, 6.07) is 15.8.